The van der Waals surface area contributed by atoms with Crippen molar-refractivity contribution in [3.63, 3.8) is 0 Å². The Labute approximate surface area is 263 Å². The van der Waals surface area contributed by atoms with Crippen molar-refractivity contribution in [2.75, 3.05) is 31.1 Å². The summed E-state index contributed by atoms with van der Waals surface area (Å²) in [6, 6.07) is 12.0. The quantitative estimate of drug-likeness (QED) is 0.156. The zero-order valence-corrected chi connectivity index (χ0v) is 24.7. The van der Waals surface area contributed by atoms with Gasteiger partial charge in [-0.05, 0) is 72.9 Å². The largest absolute Gasteiger partial charge is 2.00 e. The van der Waals surface area contributed by atoms with Gasteiger partial charge < -0.3 is 29.6 Å². The summed E-state index contributed by atoms with van der Waals surface area (Å²) in [6.07, 6.45) is 6.40. The van der Waals surface area contributed by atoms with Crippen molar-refractivity contribution in [1.82, 2.24) is 5.32 Å². The topological polar surface area (TPSA) is 126 Å². The Hall–Kier alpha value is -3.98. The molecule has 4 aromatic rings. The van der Waals surface area contributed by atoms with E-state index < -0.39 is 23.2 Å². The first-order chi connectivity index (χ1) is 20.8. The predicted molar refractivity (Wildman–Crippen MR) is 156 cm³/mol. The number of para-hydroxylation sites is 1. The van der Waals surface area contributed by atoms with Gasteiger partial charge in [0.2, 0.25) is 0 Å². The van der Waals surface area contributed by atoms with Crippen LogP contribution in [0, 0.1) is 11.7 Å². The van der Waals surface area contributed by atoms with Gasteiger partial charge in [-0.25, -0.2) is 9.18 Å². The molecule has 8 nitrogen and oxygen atoms in total. The van der Waals surface area contributed by atoms with E-state index in [9.17, 15) is 29.0 Å². The fraction of sp³-hybridized carbons (Fsp3) is 0.324. The number of anilines is 1. The van der Waals surface area contributed by atoms with Crippen LogP contribution in [0.2, 0.25) is 0 Å². The maximum absolute atomic E-state index is 14.6. The zero-order chi connectivity index (χ0) is 29.8. The first-order valence-electron chi connectivity index (χ1n) is 14.8. The molecule has 44 heavy (non-hydrogen) atoms. The number of allylic oxidation sites excluding steroid dienone is 1. The summed E-state index contributed by atoms with van der Waals surface area (Å²) < 4.78 is 19.9. The number of Topliss-reactive ketones (excluding diaryl/α,β-unsaturated/α-hetero) is 1. The van der Waals surface area contributed by atoms with E-state index >= 15 is 0 Å². The molecule has 1 saturated heterocycles. The molecule has 8 rings (SSSR count). The number of carboxylic acid groups (broad SMARTS) is 1. The minimum absolute atomic E-state index is 0. The monoisotopic (exact) mass is 643 g/mol. The molecule has 229 valence electrons. The van der Waals surface area contributed by atoms with E-state index in [-0.39, 0.29) is 45.3 Å². The smallest absolute Gasteiger partial charge is 0.872 e. The molecule has 10 heteroatoms. The predicted octanol–water partition coefficient (Wildman–Crippen LogP) is 3.11. The molecule has 4 aliphatic rings. The van der Waals surface area contributed by atoms with E-state index in [4.69, 9.17) is 4.42 Å². The van der Waals surface area contributed by atoms with Crippen LogP contribution in [0.4, 0.5) is 10.1 Å². The Morgan fingerprint density at radius 2 is 1.77 bits per heavy atom. The van der Waals surface area contributed by atoms with E-state index in [2.05, 4.69) is 5.32 Å². The van der Waals surface area contributed by atoms with Gasteiger partial charge in [-0.2, -0.15) is 0 Å². The number of nitrogens with one attached hydrogen (secondary N) is 1. The number of hydrogen-bond acceptors (Lipinski definition) is 8. The van der Waals surface area contributed by atoms with E-state index in [0.29, 0.717) is 30.3 Å². The van der Waals surface area contributed by atoms with Gasteiger partial charge in [0, 0.05) is 54.0 Å². The normalized spacial score (nSPS) is 19.0. The molecule has 3 aromatic carbocycles. The molecule has 1 N–H and O–H groups in total. The van der Waals surface area contributed by atoms with Crippen LogP contribution in [0.1, 0.15) is 52.2 Å². The van der Waals surface area contributed by atoms with Crippen molar-refractivity contribution in [3.8, 4) is 5.75 Å². The summed E-state index contributed by atoms with van der Waals surface area (Å²) in [7, 11) is 0. The maximum Gasteiger partial charge on any atom is 2.00 e. The van der Waals surface area contributed by atoms with Crippen LogP contribution in [-0.2, 0) is 34.7 Å². The van der Waals surface area contributed by atoms with Gasteiger partial charge in [0.1, 0.15) is 11.4 Å². The standard InChI is InChI=1S/C18H19FN2O3.C16H12O3.Cu/c19-15-8-13-12(9-16(15)21-5-3-20-4-6-21)11(10-1-2-10)7-14(17(13)22)18(23)24;17-12-8-9-4-3-6-10(9)14-11-5-1-2-7-13(11)19-16(18)15(12)14;/h7-11,20H,1-6H2,(H,23,24);1-2,5,7-8,17H,3-4,6H2;/q;;+2/p-2. The molecule has 2 heterocycles. The number of nitrogens with zero attached hydrogens (tertiary/aromatic N) is 1. The minimum Gasteiger partial charge on any atom is -0.872 e. The zero-order valence-electron chi connectivity index (χ0n) is 23.7. The Morgan fingerprint density at radius 3 is 2.50 bits per heavy atom. The second kappa shape index (κ2) is 11.8. The van der Waals surface area contributed by atoms with Crippen LogP contribution >= 0.6 is 0 Å². The molecule has 2 fully saturated rings. The van der Waals surface area contributed by atoms with Gasteiger partial charge >= 0.3 is 22.7 Å². The van der Waals surface area contributed by atoms with Crippen molar-refractivity contribution in [1.29, 1.82) is 0 Å². The molecule has 0 amide bonds. The Kier molecular flexibility index (Phi) is 8.09. The van der Waals surface area contributed by atoms with Crippen LogP contribution < -0.4 is 26.1 Å². The van der Waals surface area contributed by atoms with Crippen LogP contribution in [0.15, 0.2) is 63.3 Å². The number of fused-ring (bicyclic) bond motifs is 6. The molecule has 1 saturated carbocycles. The van der Waals surface area contributed by atoms with Crippen molar-refractivity contribution >= 4 is 39.2 Å². The number of aryl methyl sites for hydroxylation is 2. The Balaban J connectivity index is 0.000000156. The van der Waals surface area contributed by atoms with Crippen molar-refractivity contribution in [2.24, 2.45) is 5.92 Å². The minimum atomic E-state index is -1.48. The number of carbonyl (C=O) groups is 2. The molecular weight excluding hydrogens is 615 g/mol. The molecule has 0 bridgehead atoms. The first-order valence-corrected chi connectivity index (χ1v) is 14.8. The number of aliphatic carboxylic acids is 1. The van der Waals surface area contributed by atoms with Gasteiger partial charge in [-0.3, -0.25) is 4.79 Å². The summed E-state index contributed by atoms with van der Waals surface area (Å²) >= 11 is 0. The van der Waals surface area contributed by atoms with Crippen molar-refractivity contribution < 1.29 is 45.7 Å². The van der Waals surface area contributed by atoms with E-state index in [1.807, 2.05) is 23.1 Å². The molecular formula is C34H29CuFN2O6. The van der Waals surface area contributed by atoms with Gasteiger partial charge in [0.25, 0.3) is 0 Å². The van der Waals surface area contributed by atoms with Gasteiger partial charge in [-0.1, -0.05) is 36.1 Å². The number of benzene rings is 3. The fourth-order valence-corrected chi connectivity index (χ4v) is 6.82. The second-order valence-corrected chi connectivity index (χ2v) is 11.7. The number of ketones is 1. The molecule has 3 aliphatic carbocycles. The number of carboxylic acids is 1. The van der Waals surface area contributed by atoms with Crippen LogP contribution in [0.3, 0.4) is 0 Å². The molecule has 1 atom stereocenters. The SMILES string of the molecule is O=C([O-])C1=CC(C2CC2)c2cc(N3CCNCC3)c(F)cc2C1=O.O=c1oc2ccccc2c2c3c(cc([O-])c12)CCC3.[Cu+2]. The average molecular weight is 644 g/mol. The summed E-state index contributed by atoms with van der Waals surface area (Å²) in [6.45, 7) is 2.99. The third-order valence-electron chi connectivity index (χ3n) is 9.05. The number of rotatable bonds is 3. The molecule has 0 spiro atoms. The molecule has 1 unspecified atom stereocenters. The van der Waals surface area contributed by atoms with Gasteiger partial charge in [0.05, 0.1) is 17.0 Å². The first kappa shape index (κ1) is 30.1. The third-order valence-corrected chi connectivity index (χ3v) is 9.05. The maximum atomic E-state index is 14.6. The number of hydrogen-bond donors (Lipinski definition) is 1. The van der Waals surface area contributed by atoms with Crippen molar-refractivity contribution in [3.05, 3.63) is 92.6 Å². The molecule has 1 aromatic heterocycles. The van der Waals surface area contributed by atoms with Crippen LogP contribution in [-0.4, -0.2) is 37.9 Å². The molecule has 1 aliphatic heterocycles. The summed E-state index contributed by atoms with van der Waals surface area (Å²) in [5, 5.41) is 28.5. The Bertz CT molecular complexity index is 1910. The van der Waals surface area contributed by atoms with E-state index in [0.717, 1.165) is 72.7 Å². The van der Waals surface area contributed by atoms with Crippen LogP contribution in [0.25, 0.3) is 21.7 Å². The van der Waals surface area contributed by atoms with Crippen molar-refractivity contribution in [2.45, 2.75) is 38.0 Å². The summed E-state index contributed by atoms with van der Waals surface area (Å²) in [5.41, 5.74) is 3.36. The summed E-state index contributed by atoms with van der Waals surface area (Å²) in [5.74, 6) is -2.63. The number of halogens is 1. The van der Waals surface area contributed by atoms with E-state index in [1.54, 1.807) is 18.2 Å². The fourth-order valence-electron chi connectivity index (χ4n) is 6.82. The Morgan fingerprint density at radius 1 is 1.02 bits per heavy atom. The van der Waals surface area contributed by atoms with Gasteiger partial charge in [-0.15, -0.1) is 0 Å². The number of carbonyl (C=O) groups excluding carboxylic acids is 2. The number of piperazine rings is 1. The van der Waals surface area contributed by atoms with E-state index in [1.165, 1.54) is 12.1 Å². The summed E-state index contributed by atoms with van der Waals surface area (Å²) in [4.78, 5) is 37.7. The third kappa shape index (κ3) is 5.21. The van der Waals surface area contributed by atoms with Gasteiger partial charge in [0.15, 0.2) is 5.78 Å². The average Bonchev–Trinajstić information content (AvgIpc) is 3.74. The molecule has 1 radical (unpaired) electrons. The second-order valence-electron chi connectivity index (χ2n) is 11.7. The van der Waals surface area contributed by atoms with Crippen LogP contribution in [0.5, 0.6) is 5.75 Å².